The van der Waals surface area contributed by atoms with E-state index in [1.54, 1.807) is 0 Å². The molecule has 0 heterocycles. The Labute approximate surface area is 112 Å². The van der Waals surface area contributed by atoms with Gasteiger partial charge in [0.2, 0.25) is 0 Å². The molecule has 0 aromatic carbocycles. The monoisotopic (exact) mass is 258 g/mol. The van der Waals surface area contributed by atoms with Gasteiger partial charge in [0.1, 0.15) is 5.60 Å². The van der Waals surface area contributed by atoms with Crippen molar-refractivity contribution in [3.63, 3.8) is 0 Å². The number of nitrogens with two attached hydrogens (primary N) is 1. The first kappa shape index (κ1) is 17.4. The summed E-state index contributed by atoms with van der Waals surface area (Å²) in [5, 5.41) is 0. The normalized spacial score (nSPS) is 13.4. The minimum Gasteiger partial charge on any atom is -0.460 e. The van der Waals surface area contributed by atoms with Crippen molar-refractivity contribution in [3.8, 4) is 0 Å². The van der Waals surface area contributed by atoms with Gasteiger partial charge in [0.05, 0.1) is 6.42 Å². The molecule has 0 aromatic heterocycles. The van der Waals surface area contributed by atoms with Gasteiger partial charge in [0.15, 0.2) is 0 Å². The number of nitrogens with one attached hydrogen (secondary N) is 1. The molecule has 0 saturated heterocycles. The molecule has 0 rings (SSSR count). The Hall–Kier alpha value is -0.610. The average molecular weight is 258 g/mol. The maximum absolute atomic E-state index is 11.6. The van der Waals surface area contributed by atoms with Gasteiger partial charge in [-0.2, -0.15) is 0 Å². The molecule has 18 heavy (non-hydrogen) atoms. The van der Waals surface area contributed by atoms with Crippen molar-refractivity contribution in [2.45, 2.75) is 84.3 Å². The molecule has 0 fully saturated rings. The van der Waals surface area contributed by atoms with Crippen LogP contribution in [0.25, 0.3) is 0 Å². The first-order valence-electron chi connectivity index (χ1n) is 7.07. The van der Waals surface area contributed by atoms with E-state index in [1.165, 1.54) is 25.7 Å². The molecule has 1 unspecified atom stereocenters. The number of esters is 1. The minimum absolute atomic E-state index is 0.0291. The van der Waals surface area contributed by atoms with Gasteiger partial charge in [-0.3, -0.25) is 16.1 Å². The highest BCUT2D eigenvalue weighted by Crippen LogP contribution is 2.12. The van der Waals surface area contributed by atoms with Gasteiger partial charge < -0.3 is 4.74 Å². The minimum atomic E-state index is -0.419. The SMILES string of the molecule is CCCCCCCC(CC(=O)OC(C)(C)C)NN. The quantitative estimate of drug-likeness (QED) is 0.289. The van der Waals surface area contributed by atoms with Crippen LogP contribution >= 0.6 is 0 Å². The van der Waals surface area contributed by atoms with Crippen LogP contribution in [0.4, 0.5) is 0 Å². The van der Waals surface area contributed by atoms with Crippen molar-refractivity contribution in [1.82, 2.24) is 5.43 Å². The lowest BCUT2D eigenvalue weighted by Crippen LogP contribution is -2.38. The zero-order valence-corrected chi connectivity index (χ0v) is 12.4. The van der Waals surface area contributed by atoms with Crippen LogP contribution in [0, 0.1) is 0 Å². The van der Waals surface area contributed by atoms with E-state index in [0.717, 1.165) is 12.8 Å². The van der Waals surface area contributed by atoms with E-state index < -0.39 is 5.60 Å². The zero-order chi connectivity index (χ0) is 14.0. The van der Waals surface area contributed by atoms with Gasteiger partial charge in [0, 0.05) is 6.04 Å². The molecule has 0 aliphatic carbocycles. The Balaban J connectivity index is 3.79. The van der Waals surface area contributed by atoms with Crippen molar-refractivity contribution in [2.75, 3.05) is 0 Å². The van der Waals surface area contributed by atoms with Gasteiger partial charge in [0.25, 0.3) is 0 Å². The summed E-state index contributed by atoms with van der Waals surface area (Å²) in [7, 11) is 0. The standard InChI is InChI=1S/C14H30N2O2/c1-5-6-7-8-9-10-12(16-15)11-13(17)18-14(2,3)4/h12,16H,5-11,15H2,1-4H3. The van der Waals surface area contributed by atoms with E-state index in [9.17, 15) is 4.79 Å². The second kappa shape index (κ2) is 9.34. The lowest BCUT2D eigenvalue weighted by Gasteiger charge is -2.22. The van der Waals surface area contributed by atoms with E-state index in [2.05, 4.69) is 12.3 Å². The van der Waals surface area contributed by atoms with Gasteiger partial charge >= 0.3 is 5.97 Å². The van der Waals surface area contributed by atoms with Gasteiger partial charge in [-0.25, -0.2) is 0 Å². The van der Waals surface area contributed by atoms with Crippen LogP contribution in [0.3, 0.4) is 0 Å². The van der Waals surface area contributed by atoms with Crippen LogP contribution in [-0.4, -0.2) is 17.6 Å². The van der Waals surface area contributed by atoms with Crippen molar-refractivity contribution >= 4 is 5.97 Å². The Morgan fingerprint density at radius 2 is 1.83 bits per heavy atom. The fraction of sp³-hybridized carbons (Fsp3) is 0.929. The lowest BCUT2D eigenvalue weighted by molar-refractivity contribution is -0.155. The maximum atomic E-state index is 11.6. The highest BCUT2D eigenvalue weighted by atomic mass is 16.6. The van der Waals surface area contributed by atoms with Gasteiger partial charge in [-0.15, -0.1) is 0 Å². The number of hydrazine groups is 1. The topological polar surface area (TPSA) is 64.3 Å². The van der Waals surface area contributed by atoms with E-state index in [4.69, 9.17) is 10.6 Å². The summed E-state index contributed by atoms with van der Waals surface area (Å²) in [5.74, 6) is 5.29. The van der Waals surface area contributed by atoms with Gasteiger partial charge in [-0.05, 0) is 27.2 Å². The van der Waals surface area contributed by atoms with E-state index >= 15 is 0 Å². The molecule has 0 bridgehead atoms. The number of rotatable bonds is 9. The fourth-order valence-electron chi connectivity index (χ4n) is 1.82. The number of unbranched alkanes of at least 4 members (excludes halogenated alkanes) is 4. The highest BCUT2D eigenvalue weighted by Gasteiger charge is 2.19. The molecule has 0 aliphatic rings. The molecule has 0 amide bonds. The maximum Gasteiger partial charge on any atom is 0.307 e. The third-order valence-corrected chi connectivity index (χ3v) is 2.72. The average Bonchev–Trinajstić information content (AvgIpc) is 2.24. The largest absolute Gasteiger partial charge is 0.460 e. The summed E-state index contributed by atoms with van der Waals surface area (Å²) in [6.07, 6.45) is 7.39. The first-order chi connectivity index (χ1) is 8.39. The van der Waals surface area contributed by atoms with Crippen LogP contribution in [0.1, 0.15) is 72.6 Å². The summed E-state index contributed by atoms with van der Waals surface area (Å²) in [6, 6.07) is 0.0291. The van der Waals surface area contributed by atoms with Crippen LogP contribution < -0.4 is 11.3 Å². The third-order valence-electron chi connectivity index (χ3n) is 2.72. The molecular weight excluding hydrogens is 228 g/mol. The van der Waals surface area contributed by atoms with Crippen molar-refractivity contribution in [3.05, 3.63) is 0 Å². The van der Waals surface area contributed by atoms with Gasteiger partial charge in [-0.1, -0.05) is 39.0 Å². The first-order valence-corrected chi connectivity index (χ1v) is 7.07. The van der Waals surface area contributed by atoms with Crippen LogP contribution in [0.2, 0.25) is 0 Å². The smallest absolute Gasteiger partial charge is 0.307 e. The zero-order valence-electron chi connectivity index (χ0n) is 12.4. The van der Waals surface area contributed by atoms with Crippen molar-refractivity contribution in [1.29, 1.82) is 0 Å². The molecule has 108 valence electrons. The molecule has 1 atom stereocenters. The van der Waals surface area contributed by atoms with Crippen molar-refractivity contribution < 1.29 is 9.53 Å². The predicted molar refractivity (Wildman–Crippen MR) is 74.9 cm³/mol. The van der Waals surface area contributed by atoms with Crippen LogP contribution in [-0.2, 0) is 9.53 Å². The summed E-state index contributed by atoms with van der Waals surface area (Å²) < 4.78 is 5.28. The number of carbonyl (C=O) groups is 1. The summed E-state index contributed by atoms with van der Waals surface area (Å²) >= 11 is 0. The molecule has 4 heteroatoms. The molecule has 3 N–H and O–H groups in total. The molecule has 0 radical (unpaired) electrons. The van der Waals surface area contributed by atoms with E-state index in [-0.39, 0.29) is 12.0 Å². The molecule has 0 spiro atoms. The summed E-state index contributed by atoms with van der Waals surface area (Å²) in [5.41, 5.74) is 2.29. The Bertz CT molecular complexity index is 224. The third kappa shape index (κ3) is 10.5. The van der Waals surface area contributed by atoms with Crippen LogP contribution in [0.5, 0.6) is 0 Å². The molecular formula is C14H30N2O2. The number of hydrogen-bond acceptors (Lipinski definition) is 4. The van der Waals surface area contributed by atoms with E-state index in [0.29, 0.717) is 6.42 Å². The van der Waals surface area contributed by atoms with Crippen LogP contribution in [0.15, 0.2) is 0 Å². The number of carbonyl (C=O) groups excluding carboxylic acids is 1. The van der Waals surface area contributed by atoms with Crippen molar-refractivity contribution in [2.24, 2.45) is 5.84 Å². The lowest BCUT2D eigenvalue weighted by atomic mass is 10.0. The molecule has 0 saturated carbocycles. The summed E-state index contributed by atoms with van der Waals surface area (Å²) in [6.45, 7) is 7.83. The molecule has 0 aliphatic heterocycles. The highest BCUT2D eigenvalue weighted by molar-refractivity contribution is 5.70. The summed E-state index contributed by atoms with van der Waals surface area (Å²) in [4.78, 5) is 11.6. The Morgan fingerprint density at radius 1 is 1.22 bits per heavy atom. The molecule has 4 nitrogen and oxygen atoms in total. The molecule has 0 aromatic rings. The second-order valence-corrected chi connectivity index (χ2v) is 5.86. The Morgan fingerprint density at radius 3 is 2.33 bits per heavy atom. The Kier molecular flexibility index (Phi) is 9.02. The fourth-order valence-corrected chi connectivity index (χ4v) is 1.82. The second-order valence-electron chi connectivity index (χ2n) is 5.86. The number of ether oxygens (including phenoxy) is 1. The van der Waals surface area contributed by atoms with E-state index in [1.807, 2.05) is 20.8 Å². The predicted octanol–water partition coefficient (Wildman–Crippen LogP) is 2.91. The number of hydrogen-bond donors (Lipinski definition) is 2.